The number of anilines is 1. The summed E-state index contributed by atoms with van der Waals surface area (Å²) in [6.07, 6.45) is 0.759. The Morgan fingerprint density at radius 1 is 1.23 bits per heavy atom. The Bertz CT molecular complexity index is 1670. The molecule has 3 heterocycles. The van der Waals surface area contributed by atoms with E-state index in [4.69, 9.17) is 10.6 Å². The van der Waals surface area contributed by atoms with Gasteiger partial charge in [0.25, 0.3) is 11.8 Å². The van der Waals surface area contributed by atoms with Crippen molar-refractivity contribution in [1.29, 1.82) is 0 Å². The first-order chi connectivity index (χ1) is 20.1. The Morgan fingerprint density at radius 3 is 2.49 bits per heavy atom. The number of urea groups is 1. The number of carboxylic acids is 1. The van der Waals surface area contributed by atoms with Crippen LogP contribution in [0.4, 0.5) is 9.93 Å². The molecule has 1 saturated carbocycles. The molecule has 2 aliphatic rings. The van der Waals surface area contributed by atoms with Crippen LogP contribution in [0.15, 0.2) is 27.5 Å². The van der Waals surface area contributed by atoms with Crippen molar-refractivity contribution in [2.45, 2.75) is 43.5 Å². The number of thiazole rings is 1. The topological polar surface area (TPSA) is 305 Å². The van der Waals surface area contributed by atoms with Gasteiger partial charge in [-0.2, -0.15) is 13.1 Å². The third kappa shape index (κ3) is 6.44. The van der Waals surface area contributed by atoms with Gasteiger partial charge in [0.2, 0.25) is 11.5 Å². The van der Waals surface area contributed by atoms with Gasteiger partial charge in [0, 0.05) is 36.9 Å². The van der Waals surface area contributed by atoms with Crippen LogP contribution in [0.1, 0.15) is 30.7 Å². The zero-order valence-electron chi connectivity index (χ0n) is 21.7. The van der Waals surface area contributed by atoms with Crippen LogP contribution in [0.2, 0.25) is 0 Å². The molecule has 1 aliphatic carbocycles. The number of nitrogens with two attached hydrogens (primary N) is 1. The summed E-state index contributed by atoms with van der Waals surface area (Å²) >= 11 is 0.913. The molecule has 43 heavy (non-hydrogen) atoms. The number of nitrogens with zero attached hydrogens (tertiary/aromatic N) is 4. The lowest BCUT2D eigenvalue weighted by molar-refractivity contribution is -0.178. The number of β-lactam (4-membered cyclic amide) rings is 1. The van der Waals surface area contributed by atoms with Crippen LogP contribution in [-0.4, -0.2) is 96.2 Å². The maximum Gasteiger partial charge on any atom is 0.362 e. The van der Waals surface area contributed by atoms with E-state index in [1.54, 1.807) is 0 Å². The van der Waals surface area contributed by atoms with Gasteiger partial charge in [0.15, 0.2) is 16.3 Å². The number of hydrogen-bond donors (Lipinski definition) is 8. The minimum Gasteiger partial charge on any atom is -0.492 e. The number of carboxylic acid groups (broad SMARTS) is 1. The van der Waals surface area contributed by atoms with Crippen molar-refractivity contribution >= 4 is 56.3 Å². The maximum absolute atomic E-state index is 13.2. The Balaban J connectivity index is 1.48. The zero-order chi connectivity index (χ0) is 31.7. The van der Waals surface area contributed by atoms with E-state index < -0.39 is 81.9 Å². The highest BCUT2D eigenvalue weighted by molar-refractivity contribution is 7.84. The second-order valence-electron chi connectivity index (χ2n) is 9.30. The van der Waals surface area contributed by atoms with Gasteiger partial charge in [-0.05, 0) is 6.42 Å². The molecule has 1 saturated heterocycles. The van der Waals surface area contributed by atoms with E-state index in [9.17, 15) is 52.4 Å². The summed E-state index contributed by atoms with van der Waals surface area (Å²) < 4.78 is 33.4. The van der Waals surface area contributed by atoms with Crippen molar-refractivity contribution in [3.63, 3.8) is 0 Å². The Morgan fingerprint density at radius 2 is 1.93 bits per heavy atom. The fourth-order valence-corrected chi connectivity index (χ4v) is 5.53. The summed E-state index contributed by atoms with van der Waals surface area (Å²) in [5, 5.41) is 40.4. The summed E-state index contributed by atoms with van der Waals surface area (Å²) in [6, 6.07) is -2.55. The normalized spacial score (nSPS) is 19.5. The van der Waals surface area contributed by atoms with Gasteiger partial charge >= 0.3 is 22.3 Å². The van der Waals surface area contributed by atoms with E-state index in [1.807, 2.05) is 0 Å². The fourth-order valence-electron chi connectivity index (χ4n) is 4.11. The number of pyridine rings is 1. The molecule has 20 nitrogen and oxygen atoms in total. The molecular weight excluding hydrogens is 620 g/mol. The second kappa shape index (κ2) is 11.7. The molecule has 2 fully saturated rings. The second-order valence-corrected chi connectivity index (χ2v) is 11.5. The molecule has 2 atom stereocenters. The molecule has 0 aromatic carbocycles. The van der Waals surface area contributed by atoms with Crippen LogP contribution in [-0.2, 0) is 36.1 Å². The van der Waals surface area contributed by atoms with E-state index in [0.717, 1.165) is 23.5 Å². The minimum atomic E-state index is -5.14. The largest absolute Gasteiger partial charge is 0.492 e. The van der Waals surface area contributed by atoms with E-state index in [2.05, 4.69) is 26.1 Å². The number of oxime groups is 1. The molecule has 2 aromatic heterocycles. The summed E-state index contributed by atoms with van der Waals surface area (Å²) in [4.78, 5) is 70.4. The van der Waals surface area contributed by atoms with Gasteiger partial charge in [-0.1, -0.05) is 5.16 Å². The Hall–Kier alpha value is -4.96. The van der Waals surface area contributed by atoms with Gasteiger partial charge in [0.05, 0.1) is 18.3 Å². The van der Waals surface area contributed by atoms with Gasteiger partial charge in [-0.15, -0.1) is 11.3 Å². The minimum absolute atomic E-state index is 0.0147. The molecule has 0 bridgehead atoms. The summed E-state index contributed by atoms with van der Waals surface area (Å²) in [5.41, 5.74) is 2.35. The lowest BCUT2D eigenvalue weighted by Gasteiger charge is -2.44. The third-order valence-electron chi connectivity index (χ3n) is 6.52. The van der Waals surface area contributed by atoms with E-state index in [0.29, 0.717) is 6.42 Å². The molecule has 4 amide bonds. The SMILES string of the molecule is Nc1nc(C(=NOC2(C(=O)O)CCC2)C(=O)N[C@@H]2C(=O)N(S(=O)(=O)O)[C@H]2CNC(=O)NCc2cc(=O)cc(O)n2O)cs1. The number of nitrogens with one attached hydrogen (secondary N) is 3. The van der Waals surface area contributed by atoms with Gasteiger partial charge in [-0.25, -0.2) is 18.9 Å². The highest BCUT2D eigenvalue weighted by Crippen LogP contribution is 2.36. The number of aromatic hydroxyl groups is 1. The van der Waals surface area contributed by atoms with Crippen LogP contribution in [0, 0.1) is 0 Å². The number of carbonyl (C=O) groups excluding carboxylic acids is 3. The fraction of sp³-hybridized carbons (Fsp3) is 0.381. The molecule has 2 aromatic rings. The van der Waals surface area contributed by atoms with Crippen molar-refractivity contribution in [2.24, 2.45) is 5.16 Å². The quantitative estimate of drug-likeness (QED) is 0.0414. The lowest BCUT2D eigenvalue weighted by atomic mass is 9.80. The predicted molar refractivity (Wildman–Crippen MR) is 142 cm³/mol. The van der Waals surface area contributed by atoms with Gasteiger partial charge < -0.3 is 41.9 Å². The molecule has 0 radical (unpaired) electrons. The smallest absolute Gasteiger partial charge is 0.362 e. The highest BCUT2D eigenvalue weighted by atomic mass is 32.2. The molecule has 4 rings (SSSR count). The zero-order valence-corrected chi connectivity index (χ0v) is 23.3. The number of aromatic nitrogens is 2. The standard InChI is InChI=1S/C21H24N8O12S2/c22-19-25-11(8-42-19)14(27-41-21(18(34)35)2-1-3-21)16(32)26-15-12(29(17(15)33)43(38,39)40)7-24-20(36)23-6-9-4-10(30)5-13(31)28(9)37/h4-5,8,12,15,31,37H,1-3,6-7H2,(H2,22,25)(H,26,32)(H,34,35)(H2,23,24,36)(H,38,39,40)/t12-,15-/m0/s1. The summed E-state index contributed by atoms with van der Waals surface area (Å²) in [7, 11) is -5.14. The van der Waals surface area contributed by atoms with Gasteiger partial charge in [0.1, 0.15) is 11.7 Å². The first-order valence-corrected chi connectivity index (χ1v) is 14.4. The average molecular weight is 645 g/mol. The van der Waals surface area contributed by atoms with Crippen molar-refractivity contribution in [3.05, 3.63) is 39.1 Å². The number of hydrogen-bond acceptors (Lipinski definition) is 14. The maximum atomic E-state index is 13.2. The monoisotopic (exact) mass is 644 g/mol. The van der Waals surface area contributed by atoms with Crippen LogP contribution in [0.25, 0.3) is 0 Å². The van der Waals surface area contributed by atoms with Crippen LogP contribution < -0.4 is 27.1 Å². The van der Waals surface area contributed by atoms with Crippen molar-refractivity contribution in [1.82, 2.24) is 30.0 Å². The molecule has 0 unspecified atom stereocenters. The summed E-state index contributed by atoms with van der Waals surface area (Å²) in [6.45, 7) is -1.13. The highest BCUT2D eigenvalue weighted by Gasteiger charge is 2.54. The number of rotatable bonds is 11. The molecule has 1 aliphatic heterocycles. The Labute approximate surface area is 244 Å². The molecule has 0 spiro atoms. The lowest BCUT2D eigenvalue weighted by Crippen LogP contribution is -2.74. The van der Waals surface area contributed by atoms with Crippen molar-refractivity contribution < 1.29 is 52.4 Å². The number of amides is 4. The predicted octanol–water partition coefficient (Wildman–Crippen LogP) is -2.44. The molecule has 22 heteroatoms. The third-order valence-corrected chi connectivity index (χ3v) is 8.14. The van der Waals surface area contributed by atoms with Crippen LogP contribution in [0.5, 0.6) is 5.88 Å². The Kier molecular flexibility index (Phi) is 8.45. The van der Waals surface area contributed by atoms with E-state index >= 15 is 0 Å². The van der Waals surface area contributed by atoms with Crippen LogP contribution >= 0.6 is 11.3 Å². The van der Waals surface area contributed by atoms with Gasteiger partial charge in [-0.3, -0.25) is 18.9 Å². The van der Waals surface area contributed by atoms with Crippen LogP contribution in [0.3, 0.4) is 0 Å². The first-order valence-electron chi connectivity index (χ1n) is 12.1. The molecular formula is C21H24N8O12S2. The number of aliphatic carboxylic acids is 1. The molecule has 232 valence electrons. The number of nitrogen functional groups attached to an aromatic ring is 1. The molecule has 9 N–H and O–H groups in total. The van der Waals surface area contributed by atoms with Crippen molar-refractivity contribution in [2.75, 3.05) is 12.3 Å². The first kappa shape index (κ1) is 31.0. The summed E-state index contributed by atoms with van der Waals surface area (Å²) in [5.74, 6) is -4.52. The number of carbonyl (C=O) groups is 4. The van der Waals surface area contributed by atoms with Crippen molar-refractivity contribution in [3.8, 4) is 5.88 Å². The van der Waals surface area contributed by atoms with E-state index in [-0.39, 0.29) is 38.4 Å². The van der Waals surface area contributed by atoms with E-state index in [1.165, 1.54) is 5.38 Å². The average Bonchev–Trinajstić information content (AvgIpc) is 3.31.